The van der Waals surface area contributed by atoms with Gasteiger partial charge < -0.3 is 9.84 Å². The number of sulfonamides is 1. The largest absolute Gasteiger partial charge is 0.505 e. The maximum Gasteiger partial charge on any atom is 0.243 e. The van der Waals surface area contributed by atoms with Gasteiger partial charge in [0.2, 0.25) is 10.0 Å². The maximum absolute atomic E-state index is 12.6. The van der Waals surface area contributed by atoms with Crippen molar-refractivity contribution in [2.75, 3.05) is 26.3 Å². The molecule has 138 valence electrons. The van der Waals surface area contributed by atoms with Crippen LogP contribution in [0.1, 0.15) is 5.56 Å². The monoisotopic (exact) mass is 439 g/mol. The van der Waals surface area contributed by atoms with Gasteiger partial charge in [-0.3, -0.25) is 0 Å². The van der Waals surface area contributed by atoms with Gasteiger partial charge in [-0.05, 0) is 64.8 Å². The number of halogens is 1. The lowest BCUT2D eigenvalue weighted by Gasteiger charge is -2.26. The summed E-state index contributed by atoms with van der Waals surface area (Å²) in [6.07, 6.45) is 0. The molecule has 0 bridgehead atoms. The second-order valence-corrected chi connectivity index (χ2v) is 8.62. The number of phenolic OH excluding ortho intramolecular Hbond substituents is 1. The molecule has 0 spiro atoms. The minimum absolute atomic E-state index is 0.00543. The molecule has 7 nitrogen and oxygen atoms in total. The first-order valence-electron chi connectivity index (χ1n) is 7.97. The molecule has 26 heavy (non-hydrogen) atoms. The summed E-state index contributed by atoms with van der Waals surface area (Å²) in [5.74, 6) is 0.00543. The van der Waals surface area contributed by atoms with Crippen LogP contribution in [-0.4, -0.2) is 44.1 Å². The van der Waals surface area contributed by atoms with Gasteiger partial charge in [-0.25, -0.2) is 8.42 Å². The van der Waals surface area contributed by atoms with E-state index in [9.17, 15) is 13.5 Å². The van der Waals surface area contributed by atoms with Gasteiger partial charge in [0.05, 0.1) is 28.3 Å². The molecule has 9 heteroatoms. The molecule has 1 aliphatic rings. The van der Waals surface area contributed by atoms with Gasteiger partial charge in [0, 0.05) is 13.1 Å². The quantitative estimate of drug-likeness (QED) is 0.731. The molecule has 0 aliphatic carbocycles. The second kappa shape index (κ2) is 7.83. The number of hydrogen-bond donors (Lipinski definition) is 1. The Kier molecular flexibility index (Phi) is 5.71. The van der Waals surface area contributed by atoms with Crippen molar-refractivity contribution in [3.05, 3.63) is 46.4 Å². The number of morpholine rings is 1. The standard InChI is InChI=1S/C17H18BrN3O4S/c1-12-10-15(18)17(22)16(11-12)20-19-13-2-4-14(5-3-13)26(23,24)21-6-8-25-9-7-21/h2-5,10-11,22H,6-9H2,1H3. The van der Waals surface area contributed by atoms with Crippen LogP contribution in [0.25, 0.3) is 0 Å². The third-order valence-electron chi connectivity index (χ3n) is 3.91. The van der Waals surface area contributed by atoms with Gasteiger partial charge in [-0.15, -0.1) is 5.11 Å². The summed E-state index contributed by atoms with van der Waals surface area (Å²) in [5.41, 5.74) is 1.75. The zero-order valence-electron chi connectivity index (χ0n) is 14.1. The zero-order chi connectivity index (χ0) is 18.7. The Morgan fingerprint density at radius 1 is 1.12 bits per heavy atom. The Morgan fingerprint density at radius 2 is 1.77 bits per heavy atom. The number of rotatable bonds is 4. The van der Waals surface area contributed by atoms with Crippen molar-refractivity contribution in [2.45, 2.75) is 11.8 Å². The lowest BCUT2D eigenvalue weighted by Crippen LogP contribution is -2.40. The van der Waals surface area contributed by atoms with Crippen LogP contribution in [0.15, 0.2) is 56.0 Å². The Balaban J connectivity index is 1.80. The van der Waals surface area contributed by atoms with Crippen molar-refractivity contribution in [3.63, 3.8) is 0 Å². The number of aromatic hydroxyl groups is 1. The molecular formula is C17H18BrN3O4S. The summed E-state index contributed by atoms with van der Waals surface area (Å²) in [6, 6.07) is 9.66. The van der Waals surface area contributed by atoms with Crippen molar-refractivity contribution < 1.29 is 18.3 Å². The number of hydrogen-bond acceptors (Lipinski definition) is 6. The molecule has 1 heterocycles. The van der Waals surface area contributed by atoms with E-state index in [1.165, 1.54) is 16.4 Å². The maximum atomic E-state index is 12.6. The summed E-state index contributed by atoms with van der Waals surface area (Å²) < 4.78 is 32.3. The Labute approximate surface area is 160 Å². The van der Waals surface area contributed by atoms with Crippen LogP contribution in [0.2, 0.25) is 0 Å². The second-order valence-electron chi connectivity index (χ2n) is 5.82. The van der Waals surface area contributed by atoms with Gasteiger partial charge in [0.15, 0.2) is 5.75 Å². The molecule has 1 saturated heterocycles. The van der Waals surface area contributed by atoms with Crippen molar-refractivity contribution in [1.82, 2.24) is 4.31 Å². The summed E-state index contributed by atoms with van der Waals surface area (Å²) in [4.78, 5) is 0.208. The number of benzene rings is 2. The fourth-order valence-electron chi connectivity index (χ4n) is 2.52. The van der Waals surface area contributed by atoms with Gasteiger partial charge in [0.25, 0.3) is 0 Å². The average Bonchev–Trinajstić information content (AvgIpc) is 2.64. The topological polar surface area (TPSA) is 91.6 Å². The summed E-state index contributed by atoms with van der Waals surface area (Å²) in [7, 11) is -3.53. The van der Waals surface area contributed by atoms with Crippen molar-refractivity contribution in [3.8, 4) is 5.75 Å². The van der Waals surface area contributed by atoms with E-state index in [-0.39, 0.29) is 10.6 Å². The van der Waals surface area contributed by atoms with Crippen LogP contribution in [0.5, 0.6) is 5.75 Å². The zero-order valence-corrected chi connectivity index (χ0v) is 16.5. The van der Waals surface area contributed by atoms with Gasteiger partial charge >= 0.3 is 0 Å². The average molecular weight is 440 g/mol. The molecule has 1 N–H and O–H groups in total. The number of azo groups is 1. The molecule has 2 aromatic rings. The highest BCUT2D eigenvalue weighted by Crippen LogP contribution is 2.36. The van der Waals surface area contributed by atoms with Crippen LogP contribution in [-0.2, 0) is 14.8 Å². The third-order valence-corrected chi connectivity index (χ3v) is 6.42. The summed E-state index contributed by atoms with van der Waals surface area (Å²) >= 11 is 3.26. The molecule has 1 aliphatic heterocycles. The predicted molar refractivity (Wildman–Crippen MR) is 101 cm³/mol. The van der Waals surface area contributed by atoms with Crippen LogP contribution < -0.4 is 0 Å². The molecule has 0 radical (unpaired) electrons. The molecule has 3 rings (SSSR count). The highest BCUT2D eigenvalue weighted by Gasteiger charge is 2.26. The first-order valence-corrected chi connectivity index (χ1v) is 10.2. The van der Waals surface area contributed by atoms with Crippen LogP contribution >= 0.6 is 15.9 Å². The third kappa shape index (κ3) is 4.12. The van der Waals surface area contributed by atoms with E-state index in [0.29, 0.717) is 42.2 Å². The van der Waals surface area contributed by atoms with Crippen LogP contribution in [0.3, 0.4) is 0 Å². The van der Waals surface area contributed by atoms with Gasteiger partial charge in [0.1, 0.15) is 5.69 Å². The highest BCUT2D eigenvalue weighted by atomic mass is 79.9. The molecule has 0 atom stereocenters. The van der Waals surface area contributed by atoms with E-state index >= 15 is 0 Å². The van der Waals surface area contributed by atoms with Crippen molar-refractivity contribution in [1.29, 1.82) is 0 Å². The summed E-state index contributed by atoms with van der Waals surface area (Å²) in [6.45, 7) is 3.40. The first-order chi connectivity index (χ1) is 12.4. The fraction of sp³-hybridized carbons (Fsp3) is 0.294. The Morgan fingerprint density at radius 3 is 2.42 bits per heavy atom. The summed E-state index contributed by atoms with van der Waals surface area (Å²) in [5, 5.41) is 18.1. The highest BCUT2D eigenvalue weighted by molar-refractivity contribution is 9.10. The van der Waals surface area contributed by atoms with E-state index in [4.69, 9.17) is 4.74 Å². The lowest BCUT2D eigenvalue weighted by molar-refractivity contribution is 0.0730. The van der Waals surface area contributed by atoms with Crippen molar-refractivity contribution in [2.24, 2.45) is 10.2 Å². The molecule has 1 fully saturated rings. The number of aryl methyl sites for hydroxylation is 1. The molecular weight excluding hydrogens is 422 g/mol. The van der Waals surface area contributed by atoms with E-state index in [2.05, 4.69) is 26.2 Å². The SMILES string of the molecule is Cc1cc(Br)c(O)c(N=Nc2ccc(S(=O)(=O)N3CCOCC3)cc2)c1. The number of nitrogens with zero attached hydrogens (tertiary/aromatic N) is 3. The van der Waals surface area contributed by atoms with E-state index in [0.717, 1.165) is 5.56 Å². The molecule has 0 saturated carbocycles. The van der Waals surface area contributed by atoms with Crippen LogP contribution in [0.4, 0.5) is 11.4 Å². The minimum atomic E-state index is -3.53. The molecule has 0 aromatic heterocycles. The molecule has 0 unspecified atom stereocenters. The Hall–Kier alpha value is -1.81. The minimum Gasteiger partial charge on any atom is -0.505 e. The normalized spacial score (nSPS) is 16.2. The Bertz CT molecular complexity index is 924. The van der Waals surface area contributed by atoms with Gasteiger partial charge in [-0.1, -0.05) is 0 Å². The van der Waals surface area contributed by atoms with E-state index in [1.54, 1.807) is 24.3 Å². The van der Waals surface area contributed by atoms with E-state index < -0.39 is 10.0 Å². The van der Waals surface area contributed by atoms with Crippen molar-refractivity contribution >= 4 is 37.3 Å². The molecule has 2 aromatic carbocycles. The smallest absolute Gasteiger partial charge is 0.243 e. The lowest BCUT2D eigenvalue weighted by atomic mass is 10.2. The molecule has 0 amide bonds. The predicted octanol–water partition coefficient (Wildman–Crippen LogP) is 3.90. The van der Waals surface area contributed by atoms with Gasteiger partial charge in [-0.2, -0.15) is 9.42 Å². The van der Waals surface area contributed by atoms with Crippen LogP contribution in [0, 0.1) is 6.92 Å². The fourth-order valence-corrected chi connectivity index (χ4v) is 4.50. The van der Waals surface area contributed by atoms with E-state index in [1.807, 2.05) is 6.92 Å². The number of phenols is 1. The first kappa shape index (κ1) is 19.0. The number of ether oxygens (including phenoxy) is 1.